The summed E-state index contributed by atoms with van der Waals surface area (Å²) in [6.45, 7) is 5.21. The zero-order chi connectivity index (χ0) is 12.2. The Kier molecular flexibility index (Phi) is 3.59. The van der Waals surface area contributed by atoms with Crippen LogP contribution in [0.1, 0.15) is 5.01 Å². The first kappa shape index (κ1) is 11.7. The number of hydrogen-bond donors (Lipinski definition) is 1. The first-order chi connectivity index (χ1) is 8.92. The van der Waals surface area contributed by atoms with Crippen molar-refractivity contribution >= 4 is 11.3 Å². The van der Waals surface area contributed by atoms with E-state index in [2.05, 4.69) is 25.4 Å². The predicted octanol–water partition coefficient (Wildman–Crippen LogP) is 1.01. The third-order valence-electron chi connectivity index (χ3n) is 2.96. The lowest BCUT2D eigenvalue weighted by Crippen LogP contribution is -2.42. The highest BCUT2D eigenvalue weighted by Crippen LogP contribution is 2.23. The number of nitrogens with zero attached hydrogens (tertiary/aromatic N) is 4. The van der Waals surface area contributed by atoms with Crippen molar-refractivity contribution in [3.8, 4) is 10.6 Å². The van der Waals surface area contributed by atoms with E-state index in [9.17, 15) is 0 Å². The Hall–Kier alpha value is -1.37. The van der Waals surface area contributed by atoms with Gasteiger partial charge < -0.3 is 5.32 Å². The summed E-state index contributed by atoms with van der Waals surface area (Å²) in [6.07, 6.45) is 3.57. The minimum absolute atomic E-state index is 0.907. The molecule has 6 heteroatoms. The molecule has 0 unspecified atom stereocenters. The van der Waals surface area contributed by atoms with Crippen LogP contribution in [0.15, 0.2) is 24.5 Å². The van der Waals surface area contributed by atoms with Gasteiger partial charge in [-0.1, -0.05) is 11.3 Å². The summed E-state index contributed by atoms with van der Waals surface area (Å²) >= 11 is 1.67. The third-order valence-corrected chi connectivity index (χ3v) is 3.92. The zero-order valence-electron chi connectivity index (χ0n) is 10.0. The highest BCUT2D eigenvalue weighted by Gasteiger charge is 2.13. The standard InChI is InChI=1S/C12H15N5S/c1-3-13-4-2-10(1)12-16-15-11(18-12)9-17-7-5-14-6-8-17/h1-4,14H,5-9H2. The summed E-state index contributed by atoms with van der Waals surface area (Å²) in [5, 5.41) is 13.9. The number of hydrogen-bond acceptors (Lipinski definition) is 6. The van der Waals surface area contributed by atoms with Gasteiger partial charge in [0.15, 0.2) is 0 Å². The molecule has 3 heterocycles. The minimum atomic E-state index is 0.907. The Balaban J connectivity index is 1.69. The van der Waals surface area contributed by atoms with E-state index < -0.39 is 0 Å². The molecule has 0 spiro atoms. The molecule has 0 aromatic carbocycles. The lowest BCUT2D eigenvalue weighted by molar-refractivity contribution is 0.232. The van der Waals surface area contributed by atoms with E-state index in [1.807, 2.05) is 12.1 Å². The van der Waals surface area contributed by atoms with Gasteiger partial charge in [0.25, 0.3) is 0 Å². The van der Waals surface area contributed by atoms with Crippen molar-refractivity contribution in [3.63, 3.8) is 0 Å². The summed E-state index contributed by atoms with van der Waals surface area (Å²) < 4.78 is 0. The number of piperazine rings is 1. The van der Waals surface area contributed by atoms with E-state index in [4.69, 9.17) is 0 Å². The molecule has 0 bridgehead atoms. The van der Waals surface area contributed by atoms with Crippen molar-refractivity contribution < 1.29 is 0 Å². The molecule has 1 aliphatic rings. The van der Waals surface area contributed by atoms with Crippen LogP contribution in [-0.2, 0) is 6.54 Å². The first-order valence-corrected chi connectivity index (χ1v) is 6.89. The average molecular weight is 261 g/mol. The molecule has 3 rings (SSSR count). The summed E-state index contributed by atoms with van der Waals surface area (Å²) in [5.74, 6) is 0. The van der Waals surface area contributed by atoms with Crippen LogP contribution in [0.25, 0.3) is 10.6 Å². The van der Waals surface area contributed by atoms with Crippen LogP contribution >= 0.6 is 11.3 Å². The monoisotopic (exact) mass is 261 g/mol. The van der Waals surface area contributed by atoms with Gasteiger partial charge in [0.05, 0.1) is 6.54 Å². The lowest BCUT2D eigenvalue weighted by atomic mass is 10.3. The average Bonchev–Trinajstić information content (AvgIpc) is 2.89. The maximum atomic E-state index is 4.27. The smallest absolute Gasteiger partial charge is 0.147 e. The maximum absolute atomic E-state index is 4.27. The molecule has 1 saturated heterocycles. The van der Waals surface area contributed by atoms with E-state index in [-0.39, 0.29) is 0 Å². The van der Waals surface area contributed by atoms with Crippen LogP contribution in [0.3, 0.4) is 0 Å². The number of aromatic nitrogens is 3. The number of nitrogens with one attached hydrogen (secondary N) is 1. The van der Waals surface area contributed by atoms with Gasteiger partial charge in [-0.2, -0.15) is 0 Å². The minimum Gasteiger partial charge on any atom is -0.314 e. The van der Waals surface area contributed by atoms with Crippen molar-refractivity contribution in [2.75, 3.05) is 26.2 Å². The fourth-order valence-electron chi connectivity index (χ4n) is 1.99. The number of rotatable bonds is 3. The van der Waals surface area contributed by atoms with E-state index in [0.29, 0.717) is 0 Å². The van der Waals surface area contributed by atoms with Crippen LogP contribution in [-0.4, -0.2) is 46.3 Å². The van der Waals surface area contributed by atoms with Crippen LogP contribution in [0, 0.1) is 0 Å². The molecule has 0 radical (unpaired) electrons. The van der Waals surface area contributed by atoms with Gasteiger partial charge in [-0.05, 0) is 12.1 Å². The fourth-order valence-corrected chi connectivity index (χ4v) is 2.88. The molecule has 1 N–H and O–H groups in total. The van der Waals surface area contributed by atoms with Gasteiger partial charge >= 0.3 is 0 Å². The molecule has 1 aliphatic heterocycles. The Morgan fingerprint density at radius 2 is 1.94 bits per heavy atom. The molecule has 0 saturated carbocycles. The quantitative estimate of drug-likeness (QED) is 0.893. The molecule has 0 atom stereocenters. The highest BCUT2D eigenvalue weighted by atomic mass is 32.1. The Morgan fingerprint density at radius 1 is 1.17 bits per heavy atom. The molecule has 2 aromatic rings. The van der Waals surface area contributed by atoms with Crippen molar-refractivity contribution in [2.45, 2.75) is 6.54 Å². The second-order valence-corrected chi connectivity index (χ2v) is 5.33. The maximum Gasteiger partial charge on any atom is 0.147 e. The van der Waals surface area contributed by atoms with E-state index >= 15 is 0 Å². The van der Waals surface area contributed by atoms with Gasteiger partial charge in [-0.15, -0.1) is 10.2 Å². The summed E-state index contributed by atoms with van der Waals surface area (Å²) in [5.41, 5.74) is 1.09. The van der Waals surface area contributed by atoms with Gasteiger partial charge in [0.1, 0.15) is 10.0 Å². The van der Waals surface area contributed by atoms with E-state index in [0.717, 1.165) is 48.3 Å². The topological polar surface area (TPSA) is 53.9 Å². The Bertz CT molecular complexity index is 492. The fraction of sp³-hybridized carbons (Fsp3) is 0.417. The van der Waals surface area contributed by atoms with Crippen LogP contribution in [0.4, 0.5) is 0 Å². The number of pyridine rings is 1. The normalized spacial score (nSPS) is 16.9. The van der Waals surface area contributed by atoms with Crippen molar-refractivity contribution in [1.82, 2.24) is 25.4 Å². The molecule has 1 fully saturated rings. The Labute approximate surface area is 110 Å². The van der Waals surface area contributed by atoms with Crippen LogP contribution in [0.2, 0.25) is 0 Å². The largest absolute Gasteiger partial charge is 0.314 e. The van der Waals surface area contributed by atoms with E-state index in [1.165, 1.54) is 0 Å². The van der Waals surface area contributed by atoms with E-state index in [1.54, 1.807) is 23.7 Å². The third kappa shape index (κ3) is 2.72. The van der Waals surface area contributed by atoms with Crippen LogP contribution < -0.4 is 5.32 Å². The second-order valence-electron chi connectivity index (χ2n) is 4.26. The molecular weight excluding hydrogens is 246 g/mol. The highest BCUT2D eigenvalue weighted by molar-refractivity contribution is 7.14. The molecular formula is C12H15N5S. The van der Waals surface area contributed by atoms with Gasteiger partial charge in [-0.25, -0.2) is 0 Å². The van der Waals surface area contributed by atoms with Crippen molar-refractivity contribution in [1.29, 1.82) is 0 Å². The molecule has 2 aromatic heterocycles. The van der Waals surface area contributed by atoms with Gasteiger partial charge in [-0.3, -0.25) is 9.88 Å². The first-order valence-electron chi connectivity index (χ1n) is 6.08. The van der Waals surface area contributed by atoms with Crippen molar-refractivity contribution in [2.24, 2.45) is 0 Å². The molecule has 0 amide bonds. The van der Waals surface area contributed by atoms with Crippen LogP contribution in [0.5, 0.6) is 0 Å². The zero-order valence-corrected chi connectivity index (χ0v) is 10.9. The Morgan fingerprint density at radius 3 is 2.72 bits per heavy atom. The predicted molar refractivity (Wildman–Crippen MR) is 71.3 cm³/mol. The molecule has 18 heavy (non-hydrogen) atoms. The lowest BCUT2D eigenvalue weighted by Gasteiger charge is -2.25. The molecule has 94 valence electrons. The molecule has 0 aliphatic carbocycles. The summed E-state index contributed by atoms with van der Waals surface area (Å²) in [6, 6.07) is 3.93. The van der Waals surface area contributed by atoms with Gasteiger partial charge in [0, 0.05) is 44.1 Å². The van der Waals surface area contributed by atoms with Gasteiger partial charge in [0.2, 0.25) is 0 Å². The summed E-state index contributed by atoms with van der Waals surface area (Å²) in [4.78, 5) is 6.42. The summed E-state index contributed by atoms with van der Waals surface area (Å²) in [7, 11) is 0. The SMILES string of the molecule is c1cc(-c2nnc(CN3CCNCC3)s2)ccn1. The van der Waals surface area contributed by atoms with Crippen molar-refractivity contribution in [3.05, 3.63) is 29.5 Å². The second kappa shape index (κ2) is 5.51. The molecule has 5 nitrogen and oxygen atoms in total.